The maximum absolute atomic E-state index is 6.45. The molecule has 0 saturated carbocycles. The Labute approximate surface area is 344 Å². The summed E-state index contributed by atoms with van der Waals surface area (Å²) in [7, 11) is 0. The van der Waals surface area contributed by atoms with Gasteiger partial charge in [-0.3, -0.25) is 0 Å². The van der Waals surface area contributed by atoms with Crippen molar-refractivity contribution in [3.63, 3.8) is 0 Å². The number of rotatable bonds is 6. The maximum Gasteiger partial charge on any atom is 0.164 e. The molecule has 0 amide bonds. The van der Waals surface area contributed by atoms with Crippen molar-refractivity contribution in [3.05, 3.63) is 200 Å². The van der Waals surface area contributed by atoms with Gasteiger partial charge in [0.25, 0.3) is 0 Å². The van der Waals surface area contributed by atoms with Gasteiger partial charge in [-0.1, -0.05) is 146 Å². The second-order valence-corrected chi connectivity index (χ2v) is 15.1. The normalized spacial score (nSPS) is 11.7. The van der Waals surface area contributed by atoms with E-state index >= 15 is 0 Å². The Morgan fingerprint density at radius 2 is 0.850 bits per heavy atom. The van der Waals surface area contributed by atoms with Crippen LogP contribution in [0.3, 0.4) is 0 Å². The molecule has 12 rings (SSSR count). The monoisotopic (exact) mass is 767 g/mol. The van der Waals surface area contributed by atoms with Crippen LogP contribution in [0.5, 0.6) is 0 Å². The summed E-state index contributed by atoms with van der Waals surface area (Å²) < 4.78 is 12.9. The van der Waals surface area contributed by atoms with Crippen LogP contribution in [0.2, 0.25) is 0 Å². The van der Waals surface area contributed by atoms with Gasteiger partial charge >= 0.3 is 0 Å². The number of hydrogen-bond acceptors (Lipinski definition) is 5. The zero-order valence-corrected chi connectivity index (χ0v) is 32.2. The van der Waals surface area contributed by atoms with Gasteiger partial charge in [0.05, 0.1) is 0 Å². The quantitative estimate of drug-likeness (QED) is 0.169. The summed E-state index contributed by atoms with van der Waals surface area (Å²) in [6.45, 7) is 0. The molecule has 0 aliphatic carbocycles. The molecule has 5 heteroatoms. The van der Waals surface area contributed by atoms with Gasteiger partial charge in [-0.25, -0.2) is 15.0 Å². The maximum atomic E-state index is 6.45. The standard InChI is InChI=1S/C55H33N3O2/c1-4-14-34(15-5-1)40-31-44(38-24-27-43-42-22-12-13-23-47(42)60-50(43)33-38)51(36-17-6-2-7-18-36)46(32-40)55-57-53(37-19-8-3-9-20-37)56-54(58-55)39-26-28-48-45(30-39)52-41-21-11-10-16-35(41)25-29-49(52)59-48/h1-33H. The highest BCUT2D eigenvalue weighted by Crippen LogP contribution is 2.45. The SMILES string of the molecule is c1ccc(-c2cc(-c3ccc4c(c3)oc3ccccc34)c(-c3ccccc3)c(-c3nc(-c4ccccc4)nc(-c4ccc5oc6ccc7ccccc7c6c5c4)n3)c2)cc1. The highest BCUT2D eigenvalue weighted by Gasteiger charge is 2.22. The molecule has 0 atom stereocenters. The molecule has 0 aliphatic heterocycles. The predicted octanol–water partition coefficient (Wildman–Crippen LogP) is 14.8. The average Bonchev–Trinajstić information content (AvgIpc) is 3.90. The topological polar surface area (TPSA) is 65.0 Å². The first kappa shape index (κ1) is 33.9. The molecule has 0 N–H and O–H groups in total. The second kappa shape index (κ2) is 13.8. The van der Waals surface area contributed by atoms with E-state index in [1.54, 1.807) is 0 Å². The van der Waals surface area contributed by atoms with Crippen LogP contribution in [-0.2, 0) is 0 Å². The average molecular weight is 768 g/mol. The lowest BCUT2D eigenvalue weighted by molar-refractivity contribution is 0.669. The van der Waals surface area contributed by atoms with E-state index in [1.807, 2.05) is 60.7 Å². The van der Waals surface area contributed by atoms with Crippen molar-refractivity contribution >= 4 is 54.6 Å². The van der Waals surface area contributed by atoms with Crippen LogP contribution in [0.25, 0.3) is 122 Å². The minimum atomic E-state index is 0.573. The predicted molar refractivity (Wildman–Crippen MR) is 245 cm³/mol. The Balaban J connectivity index is 1.15. The Kier molecular flexibility index (Phi) is 7.78. The van der Waals surface area contributed by atoms with Gasteiger partial charge in [0.15, 0.2) is 17.5 Å². The summed E-state index contributed by atoms with van der Waals surface area (Å²) in [6, 6.07) is 69.3. The summed E-state index contributed by atoms with van der Waals surface area (Å²) in [5, 5.41) is 6.58. The van der Waals surface area contributed by atoms with Crippen molar-refractivity contribution in [2.24, 2.45) is 0 Å². The van der Waals surface area contributed by atoms with Gasteiger partial charge in [-0.05, 0) is 93.2 Å². The number of para-hydroxylation sites is 1. The van der Waals surface area contributed by atoms with Gasteiger partial charge in [-0.2, -0.15) is 0 Å². The molecule has 0 saturated heterocycles. The van der Waals surface area contributed by atoms with E-state index in [1.165, 1.54) is 0 Å². The van der Waals surface area contributed by atoms with Gasteiger partial charge < -0.3 is 8.83 Å². The van der Waals surface area contributed by atoms with Crippen LogP contribution >= 0.6 is 0 Å². The van der Waals surface area contributed by atoms with Crippen LogP contribution < -0.4 is 0 Å². The Hall–Kier alpha value is -8.15. The lowest BCUT2D eigenvalue weighted by atomic mass is 9.86. The number of nitrogens with zero attached hydrogens (tertiary/aromatic N) is 3. The number of hydrogen-bond donors (Lipinski definition) is 0. The van der Waals surface area contributed by atoms with Crippen molar-refractivity contribution in [3.8, 4) is 67.5 Å². The zero-order valence-electron chi connectivity index (χ0n) is 32.2. The third-order valence-electron chi connectivity index (χ3n) is 11.5. The van der Waals surface area contributed by atoms with E-state index in [9.17, 15) is 0 Å². The first-order valence-electron chi connectivity index (χ1n) is 20.1. The largest absolute Gasteiger partial charge is 0.456 e. The molecule has 0 radical (unpaired) electrons. The van der Waals surface area contributed by atoms with Crippen molar-refractivity contribution < 1.29 is 8.83 Å². The lowest BCUT2D eigenvalue weighted by Gasteiger charge is -2.19. The zero-order chi connectivity index (χ0) is 39.6. The summed E-state index contributed by atoms with van der Waals surface area (Å²) in [5.74, 6) is 1.74. The highest BCUT2D eigenvalue weighted by atomic mass is 16.3. The minimum absolute atomic E-state index is 0.573. The molecule has 0 spiro atoms. The van der Waals surface area contributed by atoms with Crippen LogP contribution in [0.4, 0.5) is 0 Å². The number of furan rings is 2. The van der Waals surface area contributed by atoms with Crippen molar-refractivity contribution in [1.82, 2.24) is 15.0 Å². The van der Waals surface area contributed by atoms with Gasteiger partial charge in [0.1, 0.15) is 22.3 Å². The molecule has 0 aliphatic rings. The van der Waals surface area contributed by atoms with E-state index in [0.717, 1.165) is 105 Å². The first-order valence-corrected chi connectivity index (χ1v) is 20.1. The van der Waals surface area contributed by atoms with E-state index in [0.29, 0.717) is 17.5 Å². The Morgan fingerprint density at radius 1 is 0.283 bits per heavy atom. The van der Waals surface area contributed by atoms with Gasteiger partial charge in [-0.15, -0.1) is 0 Å². The van der Waals surface area contributed by atoms with Crippen molar-refractivity contribution in [2.45, 2.75) is 0 Å². The van der Waals surface area contributed by atoms with E-state index in [4.69, 9.17) is 23.8 Å². The molecule has 3 heterocycles. The number of fused-ring (bicyclic) bond motifs is 8. The first-order chi connectivity index (χ1) is 29.7. The fourth-order valence-electron chi connectivity index (χ4n) is 8.68. The third kappa shape index (κ3) is 5.67. The molecule has 12 aromatic rings. The molecule has 5 nitrogen and oxygen atoms in total. The fourth-order valence-corrected chi connectivity index (χ4v) is 8.68. The van der Waals surface area contributed by atoms with Crippen LogP contribution in [0.1, 0.15) is 0 Å². The molecular weight excluding hydrogens is 735 g/mol. The molecule has 0 bridgehead atoms. The van der Waals surface area contributed by atoms with Crippen LogP contribution in [0, 0.1) is 0 Å². The summed E-state index contributed by atoms with van der Waals surface area (Å²) in [5.41, 5.74) is 12.3. The smallest absolute Gasteiger partial charge is 0.164 e. The van der Waals surface area contributed by atoms with Crippen LogP contribution in [-0.4, -0.2) is 15.0 Å². The second-order valence-electron chi connectivity index (χ2n) is 15.1. The van der Waals surface area contributed by atoms with Crippen molar-refractivity contribution in [2.75, 3.05) is 0 Å². The molecule has 0 unspecified atom stereocenters. The highest BCUT2D eigenvalue weighted by molar-refractivity contribution is 6.19. The lowest BCUT2D eigenvalue weighted by Crippen LogP contribution is -2.02. The van der Waals surface area contributed by atoms with E-state index < -0.39 is 0 Å². The number of aromatic nitrogens is 3. The van der Waals surface area contributed by atoms with Gasteiger partial charge in [0, 0.05) is 43.8 Å². The van der Waals surface area contributed by atoms with E-state index in [2.05, 4.69) is 140 Å². The Bertz CT molecular complexity index is 3590. The summed E-state index contributed by atoms with van der Waals surface area (Å²) >= 11 is 0. The fraction of sp³-hybridized carbons (Fsp3) is 0. The molecule has 9 aromatic carbocycles. The molecule has 280 valence electrons. The molecule has 3 aromatic heterocycles. The minimum Gasteiger partial charge on any atom is -0.456 e. The van der Waals surface area contributed by atoms with E-state index in [-0.39, 0.29) is 0 Å². The molecular formula is C55H33N3O2. The Morgan fingerprint density at radius 3 is 1.65 bits per heavy atom. The van der Waals surface area contributed by atoms with Gasteiger partial charge in [0.2, 0.25) is 0 Å². The number of benzene rings is 9. The third-order valence-corrected chi connectivity index (χ3v) is 11.5. The van der Waals surface area contributed by atoms with Crippen LogP contribution in [0.15, 0.2) is 209 Å². The molecule has 0 fully saturated rings. The summed E-state index contributed by atoms with van der Waals surface area (Å²) in [6.07, 6.45) is 0. The summed E-state index contributed by atoms with van der Waals surface area (Å²) in [4.78, 5) is 15.9. The van der Waals surface area contributed by atoms with Crippen molar-refractivity contribution in [1.29, 1.82) is 0 Å². The molecule has 60 heavy (non-hydrogen) atoms.